The summed E-state index contributed by atoms with van der Waals surface area (Å²) in [5, 5.41) is 13.4. The van der Waals surface area contributed by atoms with Crippen LogP contribution in [-0.4, -0.2) is 23.7 Å². The van der Waals surface area contributed by atoms with Crippen LogP contribution >= 0.6 is 35.0 Å². The van der Waals surface area contributed by atoms with E-state index in [1.807, 2.05) is 56.3 Å². The fourth-order valence-corrected chi connectivity index (χ4v) is 5.77. The molecule has 1 saturated heterocycles. The van der Waals surface area contributed by atoms with Crippen LogP contribution in [-0.2, 0) is 16.0 Å². The number of hydrogen-bond donors (Lipinski definition) is 1. The summed E-state index contributed by atoms with van der Waals surface area (Å²) in [4.78, 5) is 28.5. The van der Waals surface area contributed by atoms with E-state index in [0.29, 0.717) is 33.7 Å². The molecule has 0 saturated carbocycles. The van der Waals surface area contributed by atoms with Crippen LogP contribution < -0.4 is 15.0 Å². The van der Waals surface area contributed by atoms with Gasteiger partial charge in [-0.25, -0.2) is 0 Å². The molecule has 6 nitrogen and oxygen atoms in total. The van der Waals surface area contributed by atoms with Crippen molar-refractivity contribution in [1.29, 1.82) is 5.26 Å². The van der Waals surface area contributed by atoms with E-state index in [-0.39, 0.29) is 29.0 Å². The lowest BCUT2D eigenvalue weighted by Crippen LogP contribution is -2.32. The van der Waals surface area contributed by atoms with Crippen molar-refractivity contribution in [1.82, 2.24) is 5.32 Å². The molecule has 9 heteroatoms. The number of carbonyl (C=O) groups excluding carboxylic acids is 2. The Kier molecular flexibility index (Phi) is 9.01. The van der Waals surface area contributed by atoms with E-state index in [0.717, 1.165) is 5.56 Å². The predicted molar refractivity (Wildman–Crippen MR) is 152 cm³/mol. The zero-order valence-electron chi connectivity index (χ0n) is 20.8. The lowest BCUT2D eigenvalue weighted by Gasteiger charge is -2.20. The van der Waals surface area contributed by atoms with Crippen molar-refractivity contribution < 1.29 is 14.3 Å². The first-order valence-corrected chi connectivity index (χ1v) is 13.6. The van der Waals surface area contributed by atoms with Crippen molar-refractivity contribution in [2.45, 2.75) is 31.6 Å². The van der Waals surface area contributed by atoms with Gasteiger partial charge in [0.15, 0.2) is 0 Å². The molecule has 1 aliphatic rings. The maximum Gasteiger partial charge on any atom is 0.265 e. The molecule has 0 spiro atoms. The number of rotatable bonds is 8. The van der Waals surface area contributed by atoms with E-state index in [4.69, 9.17) is 27.9 Å². The summed E-state index contributed by atoms with van der Waals surface area (Å²) in [6, 6.07) is 23.4. The van der Waals surface area contributed by atoms with E-state index < -0.39 is 11.2 Å². The average Bonchev–Trinajstić information content (AvgIpc) is 3.23. The number of thioether (sulfide) groups is 1. The third-order valence-corrected chi connectivity index (χ3v) is 8.12. The molecule has 2 amide bonds. The van der Waals surface area contributed by atoms with Gasteiger partial charge in [0.25, 0.3) is 5.91 Å². The first-order valence-electron chi connectivity index (χ1n) is 12.0. The van der Waals surface area contributed by atoms with E-state index in [1.165, 1.54) is 16.7 Å². The fraction of sp³-hybridized carbons (Fsp3) is 0.207. The summed E-state index contributed by atoms with van der Waals surface area (Å²) >= 11 is 13.8. The van der Waals surface area contributed by atoms with E-state index in [2.05, 4.69) is 5.32 Å². The Morgan fingerprint density at radius 3 is 2.47 bits per heavy atom. The highest BCUT2D eigenvalue weighted by molar-refractivity contribution is 8.05. The van der Waals surface area contributed by atoms with Crippen molar-refractivity contribution in [3.05, 3.63) is 105 Å². The molecule has 0 aliphatic carbocycles. The zero-order chi connectivity index (χ0) is 27.2. The molecule has 0 bridgehead atoms. The second kappa shape index (κ2) is 12.4. The quantitative estimate of drug-likeness (QED) is 0.243. The van der Waals surface area contributed by atoms with Gasteiger partial charge < -0.3 is 10.1 Å². The highest BCUT2D eigenvalue weighted by Gasteiger charge is 2.41. The topological polar surface area (TPSA) is 82.4 Å². The maximum atomic E-state index is 13.7. The van der Waals surface area contributed by atoms with Crippen LogP contribution in [0.4, 0.5) is 5.69 Å². The molecular weight excluding hydrogens is 541 g/mol. The summed E-state index contributed by atoms with van der Waals surface area (Å²) in [6.07, 6.45) is 0.278. The molecule has 1 fully saturated rings. The van der Waals surface area contributed by atoms with Gasteiger partial charge in [-0.3, -0.25) is 14.5 Å². The number of nitrogens with zero attached hydrogens (tertiary/aromatic N) is 2. The summed E-state index contributed by atoms with van der Waals surface area (Å²) in [7, 11) is 0. The highest BCUT2D eigenvalue weighted by atomic mass is 35.5. The van der Waals surface area contributed by atoms with Gasteiger partial charge in [0, 0.05) is 5.69 Å². The number of halogens is 2. The minimum atomic E-state index is -0.616. The van der Waals surface area contributed by atoms with E-state index in [9.17, 15) is 14.9 Å². The molecule has 194 valence electrons. The van der Waals surface area contributed by atoms with Crippen molar-refractivity contribution in [3.63, 3.8) is 0 Å². The summed E-state index contributed by atoms with van der Waals surface area (Å²) in [6.45, 7) is 4.23. The van der Waals surface area contributed by atoms with Crippen LogP contribution in [0, 0.1) is 11.3 Å². The zero-order valence-corrected chi connectivity index (χ0v) is 23.1. The van der Waals surface area contributed by atoms with Gasteiger partial charge in [0.05, 0.1) is 27.9 Å². The molecule has 0 aromatic heterocycles. The molecule has 2 atom stereocenters. The van der Waals surface area contributed by atoms with Crippen LogP contribution in [0.3, 0.4) is 0 Å². The molecule has 0 radical (unpaired) electrons. The van der Waals surface area contributed by atoms with Crippen LogP contribution in [0.5, 0.6) is 5.75 Å². The van der Waals surface area contributed by atoms with E-state index >= 15 is 0 Å². The van der Waals surface area contributed by atoms with Gasteiger partial charge >= 0.3 is 0 Å². The number of nitrogens with one attached hydrogen (secondary N) is 1. The lowest BCUT2D eigenvalue weighted by molar-refractivity contribution is -0.117. The molecular formula is C29H25Cl2N3O3S. The van der Waals surface area contributed by atoms with Crippen molar-refractivity contribution in [2.24, 2.45) is 0 Å². The van der Waals surface area contributed by atoms with Crippen LogP contribution in [0.1, 0.15) is 31.0 Å². The largest absolute Gasteiger partial charge is 0.494 e. The minimum absolute atomic E-state index is 0.139. The van der Waals surface area contributed by atoms with Crippen molar-refractivity contribution >= 4 is 52.5 Å². The summed E-state index contributed by atoms with van der Waals surface area (Å²) < 4.78 is 5.53. The van der Waals surface area contributed by atoms with Gasteiger partial charge in [0.2, 0.25) is 5.91 Å². The van der Waals surface area contributed by atoms with Crippen molar-refractivity contribution in [3.8, 4) is 11.8 Å². The van der Waals surface area contributed by atoms with Gasteiger partial charge in [-0.15, -0.1) is 0 Å². The Balaban J connectivity index is 1.71. The molecule has 1 N–H and O–H groups in total. The normalized spacial score (nSPS) is 17.1. The monoisotopic (exact) mass is 565 g/mol. The number of anilines is 1. The number of nitriles is 1. The molecule has 38 heavy (non-hydrogen) atoms. The van der Waals surface area contributed by atoms with Crippen LogP contribution in [0.15, 0.2) is 83.4 Å². The molecule has 3 aromatic carbocycles. The van der Waals surface area contributed by atoms with Crippen LogP contribution in [0.2, 0.25) is 10.0 Å². The number of hydrogen-bond acceptors (Lipinski definition) is 5. The van der Waals surface area contributed by atoms with Gasteiger partial charge in [0.1, 0.15) is 22.4 Å². The predicted octanol–water partition coefficient (Wildman–Crippen LogP) is 6.70. The third-order valence-electron chi connectivity index (χ3n) is 6.00. The molecule has 1 aliphatic heterocycles. The number of ether oxygens (including phenoxy) is 1. The minimum Gasteiger partial charge on any atom is -0.494 e. The molecule has 4 rings (SSSR count). The van der Waals surface area contributed by atoms with Crippen LogP contribution in [0.25, 0.3) is 0 Å². The summed E-state index contributed by atoms with van der Waals surface area (Å²) in [5.74, 6) is -0.170. The smallest absolute Gasteiger partial charge is 0.265 e. The second-order valence-corrected chi connectivity index (χ2v) is 10.5. The van der Waals surface area contributed by atoms with Gasteiger partial charge in [-0.1, -0.05) is 77.4 Å². The Morgan fingerprint density at radius 1 is 1.11 bits per heavy atom. The summed E-state index contributed by atoms with van der Waals surface area (Å²) in [5.41, 5.74) is 1.99. The number of carbonyl (C=O) groups is 2. The number of amides is 2. The van der Waals surface area contributed by atoms with E-state index in [1.54, 1.807) is 36.4 Å². The maximum absolute atomic E-state index is 13.7. The Bertz CT molecular complexity index is 1400. The Morgan fingerprint density at radius 2 is 1.82 bits per heavy atom. The average molecular weight is 567 g/mol. The van der Waals surface area contributed by atoms with Gasteiger partial charge in [-0.05, 0) is 61.7 Å². The number of benzene rings is 3. The molecule has 3 aromatic rings. The lowest BCUT2D eigenvalue weighted by atomic mass is 10.1. The Hall–Kier alpha value is -3.44. The Labute approximate surface area is 236 Å². The third kappa shape index (κ3) is 5.99. The first kappa shape index (κ1) is 27.6. The highest BCUT2D eigenvalue weighted by Crippen LogP contribution is 2.43. The van der Waals surface area contributed by atoms with Crippen molar-refractivity contribution in [2.75, 3.05) is 11.5 Å². The second-order valence-electron chi connectivity index (χ2n) is 8.52. The fourth-order valence-electron chi connectivity index (χ4n) is 4.08. The van der Waals surface area contributed by atoms with Gasteiger partial charge in [-0.2, -0.15) is 5.26 Å². The standard InChI is InChI=1S/C29H25Cl2N3O3S/c1-3-37-22-14-12-21(13-15-22)34-28(36)25(16-20-10-7-11-24(30)26(20)31)38-29(34)23(17-32)27(35)33-18(2)19-8-5-4-6-9-19/h4-15,18,25H,3,16H2,1-2H3,(H,33,35)/b29-23-. The molecule has 1 heterocycles. The SMILES string of the molecule is CCOc1ccc(N2C(=O)C(Cc3cccc(Cl)c3Cl)S/C2=C(/C#N)C(=O)NC(C)c2ccccc2)cc1. The molecule has 2 unspecified atom stereocenters. The first-order chi connectivity index (χ1) is 18.3.